The maximum atomic E-state index is 5.41. The summed E-state index contributed by atoms with van der Waals surface area (Å²) in [7, 11) is 0. The summed E-state index contributed by atoms with van der Waals surface area (Å²) in [6.45, 7) is 0. The molecule has 1 aromatic heterocycles. The molecule has 0 bridgehead atoms. The van der Waals surface area contributed by atoms with Gasteiger partial charge in [0.1, 0.15) is 0 Å². The molecule has 0 radical (unpaired) electrons. The summed E-state index contributed by atoms with van der Waals surface area (Å²) in [6, 6.07) is 76.9. The van der Waals surface area contributed by atoms with Crippen LogP contribution in [-0.4, -0.2) is 9.97 Å². The van der Waals surface area contributed by atoms with Gasteiger partial charge in [-0.1, -0.05) is 200 Å². The zero-order valence-corrected chi connectivity index (χ0v) is 29.7. The van der Waals surface area contributed by atoms with E-state index in [1.54, 1.807) is 0 Å². The third-order valence-electron chi connectivity index (χ3n) is 9.95. The van der Waals surface area contributed by atoms with Crippen molar-refractivity contribution in [1.82, 2.24) is 9.97 Å². The molecule has 0 aliphatic heterocycles. The predicted octanol–water partition coefficient (Wildman–Crippen LogP) is 13.8. The molecule has 0 atom stereocenters. The maximum absolute atomic E-state index is 5.41. The highest BCUT2D eigenvalue weighted by Gasteiger charge is 2.18. The molecule has 0 fully saturated rings. The molecule has 254 valence electrons. The first-order valence-corrected chi connectivity index (χ1v) is 18.3. The first kappa shape index (κ1) is 32.7. The predicted molar refractivity (Wildman–Crippen MR) is 226 cm³/mol. The molecular weight excluding hydrogens is 653 g/mol. The van der Waals surface area contributed by atoms with Crippen LogP contribution in [0.25, 0.3) is 89.5 Å². The third kappa shape index (κ3) is 6.77. The summed E-state index contributed by atoms with van der Waals surface area (Å²) >= 11 is 0. The Balaban J connectivity index is 1.23. The van der Waals surface area contributed by atoms with Crippen LogP contribution < -0.4 is 0 Å². The van der Waals surface area contributed by atoms with Gasteiger partial charge in [-0.3, -0.25) is 0 Å². The van der Waals surface area contributed by atoms with E-state index in [4.69, 9.17) is 9.97 Å². The summed E-state index contributed by atoms with van der Waals surface area (Å²) in [6.07, 6.45) is 0. The van der Waals surface area contributed by atoms with Gasteiger partial charge in [0.25, 0.3) is 0 Å². The lowest BCUT2D eigenvalue weighted by Gasteiger charge is -2.16. The molecule has 9 rings (SSSR count). The smallest absolute Gasteiger partial charge is 0.161 e. The van der Waals surface area contributed by atoms with Crippen LogP contribution in [0, 0.1) is 0 Å². The van der Waals surface area contributed by atoms with Crippen molar-refractivity contribution in [3.8, 4) is 89.5 Å². The van der Waals surface area contributed by atoms with Gasteiger partial charge < -0.3 is 0 Å². The molecule has 0 aliphatic carbocycles. The van der Waals surface area contributed by atoms with E-state index in [1.165, 1.54) is 22.3 Å². The van der Waals surface area contributed by atoms with E-state index in [2.05, 4.69) is 218 Å². The van der Waals surface area contributed by atoms with Gasteiger partial charge in [0.05, 0.1) is 11.4 Å². The number of rotatable bonds is 8. The molecule has 0 saturated heterocycles. The molecule has 0 aliphatic rings. The van der Waals surface area contributed by atoms with E-state index in [0.717, 1.165) is 61.5 Å². The van der Waals surface area contributed by atoms with Crippen molar-refractivity contribution in [2.45, 2.75) is 0 Å². The van der Waals surface area contributed by atoms with Crippen molar-refractivity contribution >= 4 is 0 Å². The maximum Gasteiger partial charge on any atom is 0.161 e. The summed E-state index contributed by atoms with van der Waals surface area (Å²) in [5.41, 5.74) is 16.3. The standard InChI is InChI=1S/C52H36N2/c1-5-16-37(17-6-1)40-28-30-42(31-29-40)46-26-13-14-27-48(46)52-53-50(45-25-15-24-43(34-45)38-18-7-2-8-19-38)36-51(54-52)47-33-32-44(39-20-9-3-10-21-39)35-49(47)41-22-11-4-12-23-41/h1-36H. The Hall–Kier alpha value is -7.16. The molecule has 2 nitrogen and oxygen atoms in total. The Kier molecular flexibility index (Phi) is 8.99. The largest absolute Gasteiger partial charge is 0.228 e. The van der Waals surface area contributed by atoms with Crippen LogP contribution in [0.4, 0.5) is 0 Å². The molecule has 9 aromatic rings. The normalized spacial score (nSPS) is 11.0. The Morgan fingerprint density at radius 2 is 0.611 bits per heavy atom. The fourth-order valence-corrected chi connectivity index (χ4v) is 7.18. The SMILES string of the molecule is c1ccc(-c2ccc(-c3ccccc3-c3nc(-c4cccc(-c5ccccc5)c4)cc(-c4ccc(-c5ccccc5)cc4-c4ccccc4)n3)cc2)cc1. The molecule has 2 heteroatoms. The van der Waals surface area contributed by atoms with Gasteiger partial charge in [-0.25, -0.2) is 9.97 Å². The minimum absolute atomic E-state index is 0.682. The van der Waals surface area contributed by atoms with Crippen LogP contribution in [0.1, 0.15) is 0 Å². The average Bonchev–Trinajstić information content (AvgIpc) is 3.27. The minimum atomic E-state index is 0.682. The van der Waals surface area contributed by atoms with Crippen LogP contribution in [0.3, 0.4) is 0 Å². The van der Waals surface area contributed by atoms with Gasteiger partial charge in [0, 0.05) is 16.7 Å². The van der Waals surface area contributed by atoms with Crippen LogP contribution in [0.15, 0.2) is 218 Å². The minimum Gasteiger partial charge on any atom is -0.228 e. The van der Waals surface area contributed by atoms with Crippen LogP contribution >= 0.6 is 0 Å². The van der Waals surface area contributed by atoms with Gasteiger partial charge in [-0.05, 0) is 73.8 Å². The van der Waals surface area contributed by atoms with Gasteiger partial charge in [0.2, 0.25) is 0 Å². The number of hydrogen-bond acceptors (Lipinski definition) is 2. The number of aromatic nitrogens is 2. The molecule has 0 unspecified atom stereocenters. The summed E-state index contributed by atoms with van der Waals surface area (Å²) < 4.78 is 0. The molecule has 1 heterocycles. The average molecular weight is 689 g/mol. The fourth-order valence-electron chi connectivity index (χ4n) is 7.18. The summed E-state index contributed by atoms with van der Waals surface area (Å²) in [5, 5.41) is 0. The van der Waals surface area contributed by atoms with Crippen LogP contribution in [0.5, 0.6) is 0 Å². The number of nitrogens with zero attached hydrogens (tertiary/aromatic N) is 2. The molecule has 54 heavy (non-hydrogen) atoms. The lowest BCUT2D eigenvalue weighted by atomic mass is 9.92. The second-order valence-electron chi connectivity index (χ2n) is 13.4. The molecule has 0 N–H and O–H groups in total. The Morgan fingerprint density at radius 1 is 0.204 bits per heavy atom. The highest BCUT2D eigenvalue weighted by molar-refractivity contribution is 5.89. The molecule has 0 spiro atoms. The first-order valence-electron chi connectivity index (χ1n) is 18.3. The van der Waals surface area contributed by atoms with Crippen LogP contribution in [0.2, 0.25) is 0 Å². The number of benzene rings is 8. The lowest BCUT2D eigenvalue weighted by Crippen LogP contribution is -1.99. The van der Waals surface area contributed by atoms with E-state index in [1.807, 2.05) is 0 Å². The second-order valence-corrected chi connectivity index (χ2v) is 13.4. The van der Waals surface area contributed by atoms with Crippen molar-refractivity contribution in [3.05, 3.63) is 218 Å². The second kappa shape index (κ2) is 14.8. The third-order valence-corrected chi connectivity index (χ3v) is 9.95. The Labute approximate surface area is 316 Å². The monoisotopic (exact) mass is 688 g/mol. The van der Waals surface area contributed by atoms with Crippen molar-refractivity contribution < 1.29 is 0 Å². The van der Waals surface area contributed by atoms with E-state index in [-0.39, 0.29) is 0 Å². The van der Waals surface area contributed by atoms with Gasteiger partial charge >= 0.3 is 0 Å². The first-order chi connectivity index (χ1) is 26.8. The lowest BCUT2D eigenvalue weighted by molar-refractivity contribution is 1.18. The van der Waals surface area contributed by atoms with Crippen molar-refractivity contribution in [3.63, 3.8) is 0 Å². The van der Waals surface area contributed by atoms with Crippen molar-refractivity contribution in [2.24, 2.45) is 0 Å². The van der Waals surface area contributed by atoms with E-state index in [9.17, 15) is 0 Å². The van der Waals surface area contributed by atoms with Crippen molar-refractivity contribution in [2.75, 3.05) is 0 Å². The summed E-state index contributed by atoms with van der Waals surface area (Å²) in [4.78, 5) is 10.8. The zero-order valence-electron chi connectivity index (χ0n) is 29.7. The zero-order chi connectivity index (χ0) is 36.1. The van der Waals surface area contributed by atoms with E-state index >= 15 is 0 Å². The van der Waals surface area contributed by atoms with Gasteiger partial charge in [-0.15, -0.1) is 0 Å². The highest BCUT2D eigenvalue weighted by atomic mass is 14.9. The highest BCUT2D eigenvalue weighted by Crippen LogP contribution is 2.39. The number of hydrogen-bond donors (Lipinski definition) is 0. The Bertz CT molecular complexity index is 2670. The quantitative estimate of drug-likeness (QED) is 0.159. The van der Waals surface area contributed by atoms with E-state index < -0.39 is 0 Å². The fraction of sp³-hybridized carbons (Fsp3) is 0. The Morgan fingerprint density at radius 3 is 1.24 bits per heavy atom. The molecule has 8 aromatic carbocycles. The molecule has 0 amide bonds. The van der Waals surface area contributed by atoms with E-state index in [0.29, 0.717) is 5.82 Å². The van der Waals surface area contributed by atoms with Gasteiger partial charge in [-0.2, -0.15) is 0 Å². The molecular formula is C52H36N2. The topological polar surface area (TPSA) is 25.8 Å². The van der Waals surface area contributed by atoms with Gasteiger partial charge in [0.15, 0.2) is 5.82 Å². The van der Waals surface area contributed by atoms with Crippen molar-refractivity contribution in [1.29, 1.82) is 0 Å². The van der Waals surface area contributed by atoms with Crippen LogP contribution in [-0.2, 0) is 0 Å². The molecule has 0 saturated carbocycles. The summed E-state index contributed by atoms with van der Waals surface area (Å²) in [5.74, 6) is 0.682.